The summed E-state index contributed by atoms with van der Waals surface area (Å²) in [5, 5.41) is 18.1. The lowest BCUT2D eigenvalue weighted by molar-refractivity contribution is -0.139. The fraction of sp³-hybridized carbons (Fsp3) is 0.333. The molecule has 84 valence electrons. The molecule has 4 heteroatoms. The molecule has 1 aromatic rings. The van der Waals surface area contributed by atoms with Crippen molar-refractivity contribution in [2.75, 3.05) is 0 Å². The maximum absolute atomic E-state index is 11.1. The summed E-state index contributed by atoms with van der Waals surface area (Å²) in [6.45, 7) is 0. The van der Waals surface area contributed by atoms with Gasteiger partial charge >= 0.3 is 11.9 Å². The van der Waals surface area contributed by atoms with Gasteiger partial charge in [-0.05, 0) is 36.5 Å². The number of aromatic carboxylic acids is 1. The van der Waals surface area contributed by atoms with E-state index in [1.54, 1.807) is 12.1 Å². The summed E-state index contributed by atoms with van der Waals surface area (Å²) in [5.74, 6) is -2.41. The molecule has 0 saturated carbocycles. The number of aliphatic carboxylic acids is 1. The summed E-state index contributed by atoms with van der Waals surface area (Å²) < 4.78 is 0. The number of benzene rings is 1. The molecule has 2 rings (SSSR count). The Morgan fingerprint density at radius 1 is 1.25 bits per heavy atom. The first-order chi connectivity index (χ1) is 7.61. The van der Waals surface area contributed by atoms with Crippen LogP contribution >= 0.6 is 0 Å². The van der Waals surface area contributed by atoms with Crippen molar-refractivity contribution in [2.45, 2.75) is 25.2 Å². The third kappa shape index (κ3) is 1.66. The van der Waals surface area contributed by atoms with Crippen LogP contribution in [0.25, 0.3) is 0 Å². The molecule has 0 saturated heterocycles. The third-order valence-corrected chi connectivity index (χ3v) is 3.04. The Morgan fingerprint density at radius 2 is 2.00 bits per heavy atom. The number of hydrogen-bond donors (Lipinski definition) is 2. The zero-order valence-electron chi connectivity index (χ0n) is 8.64. The maximum atomic E-state index is 11.1. The molecule has 1 aliphatic rings. The lowest BCUT2D eigenvalue weighted by Gasteiger charge is -2.23. The van der Waals surface area contributed by atoms with E-state index in [2.05, 4.69) is 0 Å². The molecule has 1 atom stereocenters. The minimum atomic E-state index is -0.983. The van der Waals surface area contributed by atoms with E-state index in [1.165, 1.54) is 6.07 Å². The highest BCUT2D eigenvalue weighted by molar-refractivity contribution is 5.91. The van der Waals surface area contributed by atoms with Crippen LogP contribution in [-0.4, -0.2) is 22.2 Å². The molecule has 1 unspecified atom stereocenters. The van der Waals surface area contributed by atoms with Gasteiger partial charge in [-0.1, -0.05) is 12.1 Å². The Balaban J connectivity index is 2.54. The minimum absolute atomic E-state index is 0.239. The van der Waals surface area contributed by atoms with E-state index in [0.717, 1.165) is 6.42 Å². The lowest BCUT2D eigenvalue weighted by Crippen LogP contribution is -2.20. The predicted octanol–water partition coefficient (Wildman–Crippen LogP) is 1.89. The highest BCUT2D eigenvalue weighted by Gasteiger charge is 2.28. The Bertz CT molecular complexity index is 450. The molecule has 1 aromatic carbocycles. The molecule has 0 radical (unpaired) electrons. The Hall–Kier alpha value is -1.84. The largest absolute Gasteiger partial charge is 0.481 e. The first kappa shape index (κ1) is 10.7. The van der Waals surface area contributed by atoms with Gasteiger partial charge in [0.2, 0.25) is 0 Å². The standard InChI is InChI=1S/C12H12O4/c13-11(14)9-5-1-3-7-8(9)4-2-6-10(7)12(15)16/h1,3,5,10H,2,4,6H2,(H,13,14)(H,15,16). The van der Waals surface area contributed by atoms with Gasteiger partial charge in [-0.2, -0.15) is 0 Å². The Morgan fingerprint density at radius 3 is 2.62 bits per heavy atom. The van der Waals surface area contributed by atoms with E-state index in [0.29, 0.717) is 24.0 Å². The van der Waals surface area contributed by atoms with Crippen molar-refractivity contribution in [1.82, 2.24) is 0 Å². The molecular weight excluding hydrogens is 208 g/mol. The van der Waals surface area contributed by atoms with Crippen LogP contribution in [0.5, 0.6) is 0 Å². The smallest absolute Gasteiger partial charge is 0.335 e. The van der Waals surface area contributed by atoms with Crippen molar-refractivity contribution in [3.05, 3.63) is 34.9 Å². The predicted molar refractivity (Wildman–Crippen MR) is 56.7 cm³/mol. The van der Waals surface area contributed by atoms with Crippen molar-refractivity contribution in [3.63, 3.8) is 0 Å². The molecule has 0 heterocycles. The van der Waals surface area contributed by atoms with Gasteiger partial charge in [0.1, 0.15) is 0 Å². The third-order valence-electron chi connectivity index (χ3n) is 3.04. The fourth-order valence-electron chi connectivity index (χ4n) is 2.31. The van der Waals surface area contributed by atoms with Crippen molar-refractivity contribution in [3.8, 4) is 0 Å². The van der Waals surface area contributed by atoms with Crippen LogP contribution in [-0.2, 0) is 11.2 Å². The van der Waals surface area contributed by atoms with Crippen molar-refractivity contribution >= 4 is 11.9 Å². The summed E-state index contributed by atoms with van der Waals surface area (Å²) in [4.78, 5) is 22.1. The van der Waals surface area contributed by atoms with Gasteiger partial charge in [-0.3, -0.25) is 4.79 Å². The Labute approximate surface area is 92.5 Å². The van der Waals surface area contributed by atoms with Crippen molar-refractivity contribution in [2.24, 2.45) is 0 Å². The monoisotopic (exact) mass is 220 g/mol. The molecule has 16 heavy (non-hydrogen) atoms. The molecule has 0 bridgehead atoms. The van der Waals surface area contributed by atoms with E-state index >= 15 is 0 Å². The van der Waals surface area contributed by atoms with Crippen LogP contribution in [0.3, 0.4) is 0 Å². The molecule has 1 aliphatic carbocycles. The fourth-order valence-corrected chi connectivity index (χ4v) is 2.31. The summed E-state index contributed by atoms with van der Waals surface area (Å²) in [6, 6.07) is 4.87. The molecular formula is C12H12O4. The number of rotatable bonds is 2. The second-order valence-electron chi connectivity index (χ2n) is 3.96. The van der Waals surface area contributed by atoms with Gasteiger partial charge in [0.05, 0.1) is 11.5 Å². The second-order valence-corrected chi connectivity index (χ2v) is 3.96. The number of fused-ring (bicyclic) bond motifs is 1. The van der Waals surface area contributed by atoms with Crippen LogP contribution < -0.4 is 0 Å². The summed E-state index contributed by atoms with van der Waals surface area (Å²) in [7, 11) is 0. The van der Waals surface area contributed by atoms with Gasteiger partial charge in [-0.25, -0.2) is 4.79 Å². The molecule has 0 aliphatic heterocycles. The van der Waals surface area contributed by atoms with Gasteiger partial charge < -0.3 is 10.2 Å². The molecule has 0 amide bonds. The lowest BCUT2D eigenvalue weighted by atomic mass is 9.81. The van der Waals surface area contributed by atoms with E-state index < -0.39 is 17.9 Å². The van der Waals surface area contributed by atoms with Gasteiger partial charge in [0, 0.05) is 0 Å². The number of hydrogen-bond acceptors (Lipinski definition) is 2. The maximum Gasteiger partial charge on any atom is 0.335 e. The van der Waals surface area contributed by atoms with Crippen LogP contribution in [0.2, 0.25) is 0 Å². The number of carboxylic acid groups (broad SMARTS) is 2. The van der Waals surface area contributed by atoms with E-state index in [9.17, 15) is 9.59 Å². The quantitative estimate of drug-likeness (QED) is 0.798. The first-order valence-electron chi connectivity index (χ1n) is 5.19. The van der Waals surface area contributed by atoms with Gasteiger partial charge in [0.15, 0.2) is 0 Å². The first-order valence-corrected chi connectivity index (χ1v) is 5.19. The Kier molecular flexibility index (Phi) is 2.64. The molecule has 2 N–H and O–H groups in total. The van der Waals surface area contributed by atoms with E-state index in [4.69, 9.17) is 10.2 Å². The van der Waals surface area contributed by atoms with Crippen LogP contribution in [0.4, 0.5) is 0 Å². The van der Waals surface area contributed by atoms with Crippen LogP contribution in [0, 0.1) is 0 Å². The summed E-state index contributed by atoms with van der Waals surface area (Å²) in [5.41, 5.74) is 1.59. The summed E-state index contributed by atoms with van der Waals surface area (Å²) >= 11 is 0. The van der Waals surface area contributed by atoms with E-state index in [-0.39, 0.29) is 5.56 Å². The SMILES string of the molecule is O=C(O)c1cccc2c1CCCC2C(=O)O. The number of carboxylic acids is 2. The highest BCUT2D eigenvalue weighted by Crippen LogP contribution is 2.33. The van der Waals surface area contributed by atoms with E-state index in [1.807, 2.05) is 0 Å². The average Bonchev–Trinajstić information content (AvgIpc) is 2.27. The zero-order chi connectivity index (χ0) is 11.7. The van der Waals surface area contributed by atoms with Gasteiger partial charge in [-0.15, -0.1) is 0 Å². The summed E-state index contributed by atoms with van der Waals surface area (Å²) in [6.07, 6.45) is 1.97. The van der Waals surface area contributed by atoms with Crippen molar-refractivity contribution in [1.29, 1.82) is 0 Å². The molecule has 0 spiro atoms. The zero-order valence-corrected chi connectivity index (χ0v) is 8.64. The second kappa shape index (κ2) is 3.96. The molecule has 0 fully saturated rings. The normalized spacial score (nSPS) is 18.9. The number of carbonyl (C=O) groups is 2. The molecule has 4 nitrogen and oxygen atoms in total. The van der Waals surface area contributed by atoms with Crippen LogP contribution in [0.15, 0.2) is 18.2 Å². The van der Waals surface area contributed by atoms with Gasteiger partial charge in [0.25, 0.3) is 0 Å². The highest BCUT2D eigenvalue weighted by atomic mass is 16.4. The van der Waals surface area contributed by atoms with Crippen LogP contribution in [0.1, 0.15) is 40.2 Å². The molecule has 0 aromatic heterocycles. The topological polar surface area (TPSA) is 74.6 Å². The van der Waals surface area contributed by atoms with Crippen molar-refractivity contribution < 1.29 is 19.8 Å². The minimum Gasteiger partial charge on any atom is -0.481 e. The average molecular weight is 220 g/mol.